The number of carbonyl (C=O) groups is 1. The zero-order chi connectivity index (χ0) is 15.9. The molecule has 0 aliphatic carbocycles. The maximum Gasteiger partial charge on any atom is 0.320 e. The average Bonchev–Trinajstić information content (AvgIpc) is 2.62. The van der Waals surface area contributed by atoms with Gasteiger partial charge in [0.15, 0.2) is 0 Å². The molecule has 5 heteroatoms. The molecule has 23 heavy (non-hydrogen) atoms. The number of ether oxygens (including phenoxy) is 1. The van der Waals surface area contributed by atoms with E-state index in [1.165, 1.54) is 0 Å². The minimum absolute atomic E-state index is 0.163. The molecule has 0 saturated carbocycles. The van der Waals surface area contributed by atoms with Crippen molar-refractivity contribution in [2.45, 2.75) is 6.61 Å². The van der Waals surface area contributed by atoms with Gasteiger partial charge in [-0.2, -0.15) is 0 Å². The fourth-order valence-corrected chi connectivity index (χ4v) is 2.67. The number of rotatable bonds is 5. The molecule has 1 fully saturated rings. The van der Waals surface area contributed by atoms with Crippen molar-refractivity contribution >= 4 is 11.7 Å². The molecule has 0 spiro atoms. The number of pyridine rings is 1. The molecule has 5 nitrogen and oxygen atoms in total. The fraction of sp³-hybridized carbons (Fsp3) is 0.333. The molecule has 1 aromatic carbocycles. The Kier molecular flexibility index (Phi) is 5.21. The fourth-order valence-electron chi connectivity index (χ4n) is 2.67. The van der Waals surface area contributed by atoms with Gasteiger partial charge in [-0.15, -0.1) is 0 Å². The topological polar surface area (TPSA) is 45.7 Å². The van der Waals surface area contributed by atoms with Gasteiger partial charge in [-0.05, 0) is 17.7 Å². The van der Waals surface area contributed by atoms with Crippen LogP contribution in [0.1, 0.15) is 5.56 Å². The van der Waals surface area contributed by atoms with Crippen LogP contribution in [0, 0.1) is 0 Å². The molecule has 0 amide bonds. The first-order chi connectivity index (χ1) is 11.3. The van der Waals surface area contributed by atoms with Gasteiger partial charge in [0.25, 0.3) is 0 Å². The molecule has 0 atom stereocenters. The van der Waals surface area contributed by atoms with E-state index in [-0.39, 0.29) is 5.97 Å². The minimum atomic E-state index is -0.163. The third kappa shape index (κ3) is 4.53. The number of esters is 1. The van der Waals surface area contributed by atoms with Gasteiger partial charge in [-0.3, -0.25) is 14.7 Å². The quantitative estimate of drug-likeness (QED) is 0.790. The first kappa shape index (κ1) is 15.5. The van der Waals surface area contributed by atoms with Crippen LogP contribution in [-0.4, -0.2) is 48.6 Å². The summed E-state index contributed by atoms with van der Waals surface area (Å²) in [6.45, 7) is 4.21. The molecule has 1 aliphatic heterocycles. The summed E-state index contributed by atoms with van der Waals surface area (Å²) in [6.07, 6.45) is 3.66. The van der Waals surface area contributed by atoms with Gasteiger partial charge >= 0.3 is 5.97 Å². The number of piperazine rings is 1. The second-order valence-electron chi connectivity index (χ2n) is 5.62. The first-order valence-electron chi connectivity index (χ1n) is 7.88. The van der Waals surface area contributed by atoms with Crippen LogP contribution < -0.4 is 4.90 Å². The molecule has 120 valence electrons. The van der Waals surface area contributed by atoms with E-state index in [1.807, 2.05) is 42.6 Å². The average molecular weight is 311 g/mol. The summed E-state index contributed by atoms with van der Waals surface area (Å²) in [7, 11) is 0. The number of carbonyl (C=O) groups excluding carboxylic acids is 1. The molecule has 3 rings (SSSR count). The number of anilines is 1. The largest absolute Gasteiger partial charge is 0.460 e. The second kappa shape index (κ2) is 7.74. The predicted molar refractivity (Wildman–Crippen MR) is 89.1 cm³/mol. The normalized spacial score (nSPS) is 15.4. The molecule has 0 bridgehead atoms. The lowest BCUT2D eigenvalue weighted by molar-refractivity contribution is -0.146. The lowest BCUT2D eigenvalue weighted by Gasteiger charge is -2.35. The lowest BCUT2D eigenvalue weighted by atomic mass is 10.2. The van der Waals surface area contributed by atoms with Crippen molar-refractivity contribution < 1.29 is 9.53 Å². The molecule has 1 aromatic heterocycles. The van der Waals surface area contributed by atoms with Crippen molar-refractivity contribution in [3.63, 3.8) is 0 Å². The Bertz CT molecular complexity index is 611. The molecular weight excluding hydrogens is 290 g/mol. The highest BCUT2D eigenvalue weighted by Gasteiger charge is 2.19. The predicted octanol–water partition coefficient (Wildman–Crippen LogP) is 1.95. The highest BCUT2D eigenvalue weighted by molar-refractivity contribution is 5.71. The van der Waals surface area contributed by atoms with Crippen molar-refractivity contribution in [1.82, 2.24) is 9.88 Å². The van der Waals surface area contributed by atoms with Crippen LogP contribution in [0.25, 0.3) is 0 Å². The molecular formula is C18H21N3O2. The van der Waals surface area contributed by atoms with E-state index in [4.69, 9.17) is 4.74 Å². The van der Waals surface area contributed by atoms with E-state index in [9.17, 15) is 4.79 Å². The number of aromatic nitrogens is 1. The Morgan fingerprint density at radius 3 is 2.52 bits per heavy atom. The van der Waals surface area contributed by atoms with Gasteiger partial charge in [0.2, 0.25) is 0 Å². The van der Waals surface area contributed by atoms with E-state index in [1.54, 1.807) is 6.20 Å². The van der Waals surface area contributed by atoms with Crippen LogP contribution in [0.3, 0.4) is 0 Å². The van der Waals surface area contributed by atoms with Crippen molar-refractivity contribution in [3.8, 4) is 0 Å². The van der Waals surface area contributed by atoms with Crippen molar-refractivity contribution in [2.75, 3.05) is 37.6 Å². The molecule has 2 aromatic rings. The Labute approximate surface area is 136 Å². The highest BCUT2D eigenvalue weighted by atomic mass is 16.5. The molecule has 0 N–H and O–H groups in total. The molecule has 0 radical (unpaired) electrons. The zero-order valence-corrected chi connectivity index (χ0v) is 13.1. The molecule has 1 saturated heterocycles. The van der Waals surface area contributed by atoms with Gasteiger partial charge in [0, 0.05) is 32.4 Å². The summed E-state index contributed by atoms with van der Waals surface area (Å²) < 4.78 is 5.34. The maximum absolute atomic E-state index is 11.9. The summed E-state index contributed by atoms with van der Waals surface area (Å²) in [5.74, 6) is -0.163. The van der Waals surface area contributed by atoms with E-state index in [2.05, 4.69) is 20.9 Å². The Morgan fingerprint density at radius 2 is 1.83 bits per heavy atom. The summed E-state index contributed by atoms with van der Waals surface area (Å²) in [4.78, 5) is 20.5. The standard InChI is InChI=1S/C18H21N3O2/c22-18(23-15-16-5-2-1-3-6-16)14-20-9-11-21(12-10-20)17-7-4-8-19-13-17/h1-8,13H,9-12,14-15H2. The zero-order valence-electron chi connectivity index (χ0n) is 13.1. The van der Waals surface area contributed by atoms with Crippen molar-refractivity contribution in [1.29, 1.82) is 0 Å². The lowest BCUT2D eigenvalue weighted by Crippen LogP contribution is -2.48. The van der Waals surface area contributed by atoms with Crippen LogP contribution in [0.15, 0.2) is 54.9 Å². The number of benzene rings is 1. The van der Waals surface area contributed by atoms with Gasteiger partial charge in [-0.25, -0.2) is 0 Å². The van der Waals surface area contributed by atoms with Crippen molar-refractivity contribution in [3.05, 3.63) is 60.4 Å². The van der Waals surface area contributed by atoms with Gasteiger partial charge in [0.05, 0.1) is 18.4 Å². The van der Waals surface area contributed by atoms with E-state index in [0.717, 1.165) is 37.4 Å². The maximum atomic E-state index is 11.9. The van der Waals surface area contributed by atoms with E-state index >= 15 is 0 Å². The third-order valence-electron chi connectivity index (χ3n) is 3.98. The summed E-state index contributed by atoms with van der Waals surface area (Å²) in [5, 5.41) is 0. The van der Waals surface area contributed by atoms with E-state index < -0.39 is 0 Å². The molecule has 2 heterocycles. The smallest absolute Gasteiger partial charge is 0.320 e. The Balaban J connectivity index is 1.41. The minimum Gasteiger partial charge on any atom is -0.460 e. The Hall–Kier alpha value is -2.40. The number of nitrogens with zero attached hydrogens (tertiary/aromatic N) is 3. The van der Waals surface area contributed by atoms with Crippen molar-refractivity contribution in [2.24, 2.45) is 0 Å². The number of hydrogen-bond donors (Lipinski definition) is 0. The molecule has 0 unspecified atom stereocenters. The summed E-state index contributed by atoms with van der Waals surface area (Å²) in [5.41, 5.74) is 2.15. The Morgan fingerprint density at radius 1 is 1.04 bits per heavy atom. The van der Waals surface area contributed by atoms with Crippen LogP contribution >= 0.6 is 0 Å². The van der Waals surface area contributed by atoms with Crippen LogP contribution in [0.2, 0.25) is 0 Å². The van der Waals surface area contributed by atoms with Crippen LogP contribution in [-0.2, 0) is 16.1 Å². The van der Waals surface area contributed by atoms with Crippen LogP contribution in [0.5, 0.6) is 0 Å². The second-order valence-corrected chi connectivity index (χ2v) is 5.62. The van der Waals surface area contributed by atoms with Crippen LogP contribution in [0.4, 0.5) is 5.69 Å². The van der Waals surface area contributed by atoms with Gasteiger partial charge in [0.1, 0.15) is 6.61 Å². The molecule has 1 aliphatic rings. The summed E-state index contributed by atoms with van der Waals surface area (Å²) >= 11 is 0. The monoisotopic (exact) mass is 311 g/mol. The third-order valence-corrected chi connectivity index (χ3v) is 3.98. The van der Waals surface area contributed by atoms with E-state index in [0.29, 0.717) is 13.2 Å². The summed E-state index contributed by atoms with van der Waals surface area (Å²) in [6, 6.07) is 13.8. The van der Waals surface area contributed by atoms with Gasteiger partial charge < -0.3 is 9.64 Å². The SMILES string of the molecule is O=C(CN1CCN(c2cccnc2)CC1)OCc1ccccc1. The number of hydrogen-bond acceptors (Lipinski definition) is 5. The first-order valence-corrected chi connectivity index (χ1v) is 7.88. The highest BCUT2D eigenvalue weighted by Crippen LogP contribution is 2.14. The van der Waals surface area contributed by atoms with Gasteiger partial charge in [-0.1, -0.05) is 30.3 Å².